The second-order valence-electron chi connectivity index (χ2n) is 3.82. The molecule has 5 heteroatoms. The van der Waals surface area contributed by atoms with Crippen molar-refractivity contribution in [1.82, 2.24) is 15.0 Å². The van der Waals surface area contributed by atoms with E-state index in [1.807, 2.05) is 19.1 Å². The molecule has 5 nitrogen and oxygen atoms in total. The van der Waals surface area contributed by atoms with Gasteiger partial charge in [0.05, 0.1) is 0 Å². The number of hydrogen-bond donors (Lipinski definition) is 2. The molecule has 88 valence electrons. The van der Waals surface area contributed by atoms with Gasteiger partial charge in [0, 0.05) is 48.5 Å². The van der Waals surface area contributed by atoms with Gasteiger partial charge >= 0.3 is 0 Å². The Bertz CT molecular complexity index is 454. The largest absolute Gasteiger partial charge is 0.351 e. The summed E-state index contributed by atoms with van der Waals surface area (Å²) in [6.45, 7) is 2.53. The highest BCUT2D eigenvalue weighted by Gasteiger charge is 2.02. The van der Waals surface area contributed by atoms with E-state index in [0.717, 1.165) is 11.1 Å². The maximum atomic E-state index is 5.51. The zero-order valence-corrected chi connectivity index (χ0v) is 9.67. The number of nitrogens with two attached hydrogens (primary N) is 1. The van der Waals surface area contributed by atoms with Crippen LogP contribution in [0.25, 0.3) is 11.1 Å². The van der Waals surface area contributed by atoms with Gasteiger partial charge in [-0.25, -0.2) is 9.97 Å². The molecule has 0 fully saturated rings. The molecule has 0 aromatic carbocycles. The molecule has 2 rings (SSSR count). The minimum absolute atomic E-state index is 0.166. The first kappa shape index (κ1) is 11.5. The fourth-order valence-corrected chi connectivity index (χ4v) is 1.36. The molecular weight excluding hydrogens is 214 g/mol. The van der Waals surface area contributed by atoms with Crippen molar-refractivity contribution < 1.29 is 0 Å². The molecule has 0 bridgehead atoms. The van der Waals surface area contributed by atoms with Gasteiger partial charge in [0.25, 0.3) is 0 Å². The van der Waals surface area contributed by atoms with Crippen molar-refractivity contribution in [2.24, 2.45) is 5.73 Å². The van der Waals surface area contributed by atoms with Gasteiger partial charge in [-0.2, -0.15) is 0 Å². The van der Waals surface area contributed by atoms with Gasteiger partial charge in [-0.3, -0.25) is 4.98 Å². The van der Waals surface area contributed by atoms with Crippen LogP contribution in [-0.4, -0.2) is 27.5 Å². The lowest BCUT2D eigenvalue weighted by atomic mass is 10.2. The van der Waals surface area contributed by atoms with Crippen molar-refractivity contribution in [1.29, 1.82) is 0 Å². The van der Waals surface area contributed by atoms with Crippen LogP contribution < -0.4 is 11.1 Å². The van der Waals surface area contributed by atoms with E-state index in [-0.39, 0.29) is 6.04 Å². The first-order valence-electron chi connectivity index (χ1n) is 5.48. The van der Waals surface area contributed by atoms with E-state index in [1.54, 1.807) is 24.8 Å². The molecule has 1 atom stereocenters. The molecule has 0 saturated carbocycles. The monoisotopic (exact) mass is 229 g/mol. The van der Waals surface area contributed by atoms with Gasteiger partial charge < -0.3 is 11.1 Å². The fourth-order valence-electron chi connectivity index (χ4n) is 1.36. The van der Waals surface area contributed by atoms with Crippen molar-refractivity contribution in [2.45, 2.75) is 13.0 Å². The SMILES string of the molecule is CC(CN)Nc1ncc(-c2cccnc2)cn1. The third-order valence-corrected chi connectivity index (χ3v) is 2.38. The molecule has 2 aromatic heterocycles. The first-order chi connectivity index (χ1) is 8.29. The van der Waals surface area contributed by atoms with E-state index in [2.05, 4.69) is 20.3 Å². The molecule has 0 amide bonds. The van der Waals surface area contributed by atoms with Crippen LogP contribution in [0, 0.1) is 0 Å². The van der Waals surface area contributed by atoms with E-state index in [4.69, 9.17) is 5.73 Å². The Morgan fingerprint density at radius 2 is 2.00 bits per heavy atom. The average Bonchev–Trinajstić information content (AvgIpc) is 2.40. The van der Waals surface area contributed by atoms with E-state index in [0.29, 0.717) is 12.5 Å². The predicted octanol–water partition coefficient (Wildman–Crippen LogP) is 1.30. The van der Waals surface area contributed by atoms with Gasteiger partial charge in [0.2, 0.25) is 5.95 Å². The molecule has 0 spiro atoms. The van der Waals surface area contributed by atoms with Crippen molar-refractivity contribution in [3.8, 4) is 11.1 Å². The second-order valence-corrected chi connectivity index (χ2v) is 3.82. The minimum atomic E-state index is 0.166. The molecule has 2 aromatic rings. The van der Waals surface area contributed by atoms with Gasteiger partial charge in [0.15, 0.2) is 0 Å². The summed E-state index contributed by atoms with van der Waals surface area (Å²) in [6.07, 6.45) is 7.07. The normalized spacial score (nSPS) is 12.1. The second kappa shape index (κ2) is 5.36. The molecule has 3 N–H and O–H groups in total. The highest BCUT2D eigenvalue weighted by Crippen LogP contribution is 2.16. The standard InChI is InChI=1S/C12H15N5/c1-9(5-13)17-12-15-7-11(8-16-12)10-3-2-4-14-6-10/h2-4,6-9H,5,13H2,1H3,(H,15,16,17). The summed E-state index contributed by atoms with van der Waals surface area (Å²) in [5.74, 6) is 0.593. The summed E-state index contributed by atoms with van der Waals surface area (Å²) in [5, 5.41) is 3.11. The van der Waals surface area contributed by atoms with E-state index >= 15 is 0 Å². The Hall–Kier alpha value is -2.01. The number of anilines is 1. The number of aromatic nitrogens is 3. The summed E-state index contributed by atoms with van der Waals surface area (Å²) < 4.78 is 0. The molecule has 0 aliphatic heterocycles. The summed E-state index contributed by atoms with van der Waals surface area (Å²) in [4.78, 5) is 12.5. The van der Waals surface area contributed by atoms with Crippen molar-refractivity contribution in [3.63, 3.8) is 0 Å². The first-order valence-corrected chi connectivity index (χ1v) is 5.48. The van der Waals surface area contributed by atoms with Crippen molar-refractivity contribution in [2.75, 3.05) is 11.9 Å². The molecule has 17 heavy (non-hydrogen) atoms. The van der Waals surface area contributed by atoms with Crippen LogP contribution in [0.5, 0.6) is 0 Å². The molecule has 1 unspecified atom stereocenters. The van der Waals surface area contributed by atoms with Gasteiger partial charge in [-0.15, -0.1) is 0 Å². The lowest BCUT2D eigenvalue weighted by Crippen LogP contribution is -2.26. The van der Waals surface area contributed by atoms with Crippen molar-refractivity contribution >= 4 is 5.95 Å². The summed E-state index contributed by atoms with van der Waals surface area (Å²) in [6, 6.07) is 4.03. The van der Waals surface area contributed by atoms with Crippen LogP contribution >= 0.6 is 0 Å². The molecular formula is C12H15N5. The Morgan fingerprint density at radius 1 is 1.24 bits per heavy atom. The van der Waals surface area contributed by atoms with Crippen LogP contribution in [0.2, 0.25) is 0 Å². The Balaban J connectivity index is 2.13. The summed E-state index contributed by atoms with van der Waals surface area (Å²) in [7, 11) is 0. The highest BCUT2D eigenvalue weighted by molar-refractivity contribution is 5.60. The molecule has 2 heterocycles. The van der Waals surface area contributed by atoms with E-state index in [1.165, 1.54) is 0 Å². The lowest BCUT2D eigenvalue weighted by molar-refractivity contribution is 0.790. The quantitative estimate of drug-likeness (QED) is 0.826. The topological polar surface area (TPSA) is 76.7 Å². The highest BCUT2D eigenvalue weighted by atomic mass is 15.1. The van der Waals surface area contributed by atoms with Crippen LogP contribution in [0.1, 0.15) is 6.92 Å². The fraction of sp³-hybridized carbons (Fsp3) is 0.250. The Morgan fingerprint density at radius 3 is 2.59 bits per heavy atom. The smallest absolute Gasteiger partial charge is 0.222 e. The zero-order chi connectivity index (χ0) is 12.1. The van der Waals surface area contributed by atoms with Gasteiger partial charge in [-0.1, -0.05) is 6.07 Å². The molecule has 0 aliphatic rings. The summed E-state index contributed by atoms with van der Waals surface area (Å²) in [5.41, 5.74) is 7.47. The number of hydrogen-bond acceptors (Lipinski definition) is 5. The third kappa shape index (κ3) is 2.98. The van der Waals surface area contributed by atoms with Crippen LogP contribution in [0.15, 0.2) is 36.9 Å². The minimum Gasteiger partial charge on any atom is -0.351 e. The maximum absolute atomic E-state index is 5.51. The maximum Gasteiger partial charge on any atom is 0.222 e. The molecule has 0 aliphatic carbocycles. The predicted molar refractivity (Wildman–Crippen MR) is 67.4 cm³/mol. The van der Waals surface area contributed by atoms with Crippen LogP contribution in [0.3, 0.4) is 0 Å². The van der Waals surface area contributed by atoms with E-state index in [9.17, 15) is 0 Å². The number of pyridine rings is 1. The number of rotatable bonds is 4. The van der Waals surface area contributed by atoms with Gasteiger partial charge in [-0.05, 0) is 13.0 Å². The Kier molecular flexibility index (Phi) is 3.62. The van der Waals surface area contributed by atoms with Gasteiger partial charge in [0.1, 0.15) is 0 Å². The lowest BCUT2D eigenvalue weighted by Gasteiger charge is -2.10. The van der Waals surface area contributed by atoms with Crippen LogP contribution in [0.4, 0.5) is 5.95 Å². The molecule has 0 saturated heterocycles. The van der Waals surface area contributed by atoms with E-state index < -0.39 is 0 Å². The summed E-state index contributed by atoms with van der Waals surface area (Å²) >= 11 is 0. The third-order valence-electron chi connectivity index (χ3n) is 2.38. The Labute approximate surface area is 100 Å². The average molecular weight is 229 g/mol. The number of nitrogens with one attached hydrogen (secondary N) is 1. The number of nitrogens with zero attached hydrogens (tertiary/aromatic N) is 3. The molecule has 0 radical (unpaired) electrons. The zero-order valence-electron chi connectivity index (χ0n) is 9.67. The van der Waals surface area contributed by atoms with Crippen LogP contribution in [-0.2, 0) is 0 Å². The van der Waals surface area contributed by atoms with Crippen molar-refractivity contribution in [3.05, 3.63) is 36.9 Å².